The zero-order valence-corrected chi connectivity index (χ0v) is 8.07. The molecule has 1 aromatic rings. The minimum absolute atomic E-state index is 0.0237. The highest BCUT2D eigenvalue weighted by atomic mass is 16.5. The van der Waals surface area contributed by atoms with E-state index in [1.165, 1.54) is 0 Å². The van der Waals surface area contributed by atoms with Crippen LogP contribution in [0.5, 0.6) is 0 Å². The average Bonchev–Trinajstić information content (AvgIpc) is 2.78. The van der Waals surface area contributed by atoms with Gasteiger partial charge in [-0.15, -0.1) is 0 Å². The van der Waals surface area contributed by atoms with Crippen molar-refractivity contribution in [2.75, 3.05) is 6.61 Å². The fourth-order valence-electron chi connectivity index (χ4n) is 1.78. The minimum Gasteiger partial charge on any atom is -0.469 e. The van der Waals surface area contributed by atoms with E-state index in [-0.39, 0.29) is 11.9 Å². The molecule has 1 aliphatic rings. The SMILES string of the molecule is O=C1OCCC1CCCc1ccco1. The quantitative estimate of drug-likeness (QED) is 0.689. The van der Waals surface area contributed by atoms with Crippen LogP contribution in [0.3, 0.4) is 0 Å². The van der Waals surface area contributed by atoms with E-state index >= 15 is 0 Å². The van der Waals surface area contributed by atoms with Gasteiger partial charge in [-0.3, -0.25) is 4.79 Å². The molecular formula is C11H14O3. The molecule has 0 saturated carbocycles. The van der Waals surface area contributed by atoms with E-state index in [1.807, 2.05) is 12.1 Å². The van der Waals surface area contributed by atoms with Crippen LogP contribution >= 0.6 is 0 Å². The van der Waals surface area contributed by atoms with Crippen LogP contribution in [0.1, 0.15) is 25.0 Å². The summed E-state index contributed by atoms with van der Waals surface area (Å²) in [6.07, 6.45) is 5.39. The van der Waals surface area contributed by atoms with Gasteiger partial charge in [-0.2, -0.15) is 0 Å². The number of esters is 1. The van der Waals surface area contributed by atoms with E-state index < -0.39 is 0 Å². The van der Waals surface area contributed by atoms with Gasteiger partial charge >= 0.3 is 5.97 Å². The molecule has 76 valence electrons. The van der Waals surface area contributed by atoms with Crippen molar-refractivity contribution in [3.63, 3.8) is 0 Å². The van der Waals surface area contributed by atoms with Gasteiger partial charge in [0.05, 0.1) is 18.8 Å². The predicted octanol–water partition coefficient (Wildman–Crippen LogP) is 2.17. The highest BCUT2D eigenvalue weighted by Crippen LogP contribution is 2.20. The van der Waals surface area contributed by atoms with Crippen molar-refractivity contribution < 1.29 is 13.9 Å². The molecular weight excluding hydrogens is 180 g/mol. The summed E-state index contributed by atoms with van der Waals surface area (Å²) in [5.74, 6) is 1.10. The lowest BCUT2D eigenvalue weighted by Gasteiger charge is -2.03. The van der Waals surface area contributed by atoms with Gasteiger partial charge in [-0.25, -0.2) is 0 Å². The Morgan fingerprint density at radius 1 is 1.50 bits per heavy atom. The molecule has 1 aromatic heterocycles. The number of aryl methyl sites for hydroxylation is 1. The van der Waals surface area contributed by atoms with E-state index in [9.17, 15) is 4.79 Å². The lowest BCUT2D eigenvalue weighted by atomic mass is 10.0. The summed E-state index contributed by atoms with van der Waals surface area (Å²) >= 11 is 0. The maximum absolute atomic E-state index is 11.1. The van der Waals surface area contributed by atoms with Gasteiger partial charge in [0.15, 0.2) is 0 Å². The number of carbonyl (C=O) groups excluding carboxylic acids is 1. The Labute approximate surface area is 83.0 Å². The molecule has 0 radical (unpaired) electrons. The maximum atomic E-state index is 11.1. The second-order valence-corrected chi connectivity index (χ2v) is 3.62. The standard InChI is InChI=1S/C11H14O3/c12-11-9(6-8-14-11)3-1-4-10-5-2-7-13-10/h2,5,7,9H,1,3-4,6,8H2. The van der Waals surface area contributed by atoms with Gasteiger partial charge in [0.2, 0.25) is 0 Å². The Hall–Kier alpha value is -1.25. The molecule has 3 nitrogen and oxygen atoms in total. The highest BCUT2D eigenvalue weighted by Gasteiger charge is 2.25. The first-order valence-electron chi connectivity index (χ1n) is 5.05. The molecule has 0 bridgehead atoms. The smallest absolute Gasteiger partial charge is 0.309 e. The van der Waals surface area contributed by atoms with Gasteiger partial charge in [0, 0.05) is 6.42 Å². The number of hydrogen-bond acceptors (Lipinski definition) is 3. The second kappa shape index (κ2) is 4.31. The van der Waals surface area contributed by atoms with Crippen molar-refractivity contribution in [2.45, 2.75) is 25.7 Å². The zero-order chi connectivity index (χ0) is 9.80. The molecule has 1 aliphatic heterocycles. The monoisotopic (exact) mass is 194 g/mol. The second-order valence-electron chi connectivity index (χ2n) is 3.62. The van der Waals surface area contributed by atoms with Gasteiger partial charge in [-0.1, -0.05) is 0 Å². The van der Waals surface area contributed by atoms with E-state index in [0.717, 1.165) is 31.4 Å². The first kappa shape index (κ1) is 9.31. The minimum atomic E-state index is -0.0237. The van der Waals surface area contributed by atoms with Crippen molar-refractivity contribution in [2.24, 2.45) is 5.92 Å². The molecule has 1 atom stereocenters. The Kier molecular flexibility index (Phi) is 2.87. The first-order valence-corrected chi connectivity index (χ1v) is 5.05. The summed E-state index contributed by atoms with van der Waals surface area (Å²) in [4.78, 5) is 11.1. The molecule has 0 N–H and O–H groups in total. The van der Waals surface area contributed by atoms with Crippen molar-refractivity contribution in [3.05, 3.63) is 24.2 Å². The third kappa shape index (κ3) is 2.16. The molecule has 0 spiro atoms. The molecule has 0 aliphatic carbocycles. The van der Waals surface area contributed by atoms with Gasteiger partial charge in [0.25, 0.3) is 0 Å². The van der Waals surface area contributed by atoms with Crippen LogP contribution in [0, 0.1) is 5.92 Å². The van der Waals surface area contributed by atoms with E-state index in [4.69, 9.17) is 9.15 Å². The topological polar surface area (TPSA) is 39.4 Å². The third-order valence-electron chi connectivity index (χ3n) is 2.60. The third-order valence-corrected chi connectivity index (χ3v) is 2.60. The van der Waals surface area contributed by atoms with Gasteiger partial charge in [-0.05, 0) is 31.4 Å². The fraction of sp³-hybridized carbons (Fsp3) is 0.545. The Bertz CT molecular complexity index is 289. The zero-order valence-electron chi connectivity index (χ0n) is 8.07. The lowest BCUT2D eigenvalue weighted by Crippen LogP contribution is -2.07. The van der Waals surface area contributed by atoms with Crippen LogP contribution in [0.15, 0.2) is 22.8 Å². The molecule has 1 saturated heterocycles. The fourth-order valence-corrected chi connectivity index (χ4v) is 1.78. The van der Waals surface area contributed by atoms with Gasteiger partial charge in [0.1, 0.15) is 5.76 Å². The Morgan fingerprint density at radius 3 is 3.07 bits per heavy atom. The molecule has 0 amide bonds. The number of furan rings is 1. The normalized spacial score (nSPS) is 21.1. The largest absolute Gasteiger partial charge is 0.469 e. The summed E-state index contributed by atoms with van der Waals surface area (Å²) in [6, 6.07) is 3.85. The summed E-state index contributed by atoms with van der Waals surface area (Å²) < 4.78 is 10.1. The van der Waals surface area contributed by atoms with Crippen molar-refractivity contribution in [1.82, 2.24) is 0 Å². The number of cyclic esters (lactones) is 1. The predicted molar refractivity (Wildman–Crippen MR) is 50.7 cm³/mol. The number of carbonyl (C=O) groups is 1. The molecule has 3 heteroatoms. The van der Waals surface area contributed by atoms with E-state index in [0.29, 0.717) is 6.61 Å². The van der Waals surface area contributed by atoms with E-state index in [1.54, 1.807) is 6.26 Å². The molecule has 1 unspecified atom stereocenters. The van der Waals surface area contributed by atoms with E-state index in [2.05, 4.69) is 0 Å². The van der Waals surface area contributed by atoms with Crippen LogP contribution in [0.25, 0.3) is 0 Å². The lowest BCUT2D eigenvalue weighted by molar-refractivity contribution is -0.141. The Balaban J connectivity index is 1.70. The summed E-state index contributed by atoms with van der Waals surface area (Å²) in [7, 11) is 0. The van der Waals surface area contributed by atoms with Crippen molar-refractivity contribution >= 4 is 5.97 Å². The van der Waals surface area contributed by atoms with Crippen LogP contribution in [0.4, 0.5) is 0 Å². The van der Waals surface area contributed by atoms with Crippen LogP contribution in [0.2, 0.25) is 0 Å². The number of hydrogen-bond donors (Lipinski definition) is 0. The summed E-state index contributed by atoms with van der Waals surface area (Å²) in [5.41, 5.74) is 0. The molecule has 14 heavy (non-hydrogen) atoms. The van der Waals surface area contributed by atoms with Crippen LogP contribution < -0.4 is 0 Å². The van der Waals surface area contributed by atoms with Crippen molar-refractivity contribution in [3.8, 4) is 0 Å². The summed E-state index contributed by atoms with van der Waals surface area (Å²) in [6.45, 7) is 0.601. The molecule has 2 heterocycles. The van der Waals surface area contributed by atoms with Gasteiger partial charge < -0.3 is 9.15 Å². The number of rotatable bonds is 4. The highest BCUT2D eigenvalue weighted by molar-refractivity contribution is 5.73. The molecule has 0 aromatic carbocycles. The Morgan fingerprint density at radius 2 is 2.43 bits per heavy atom. The average molecular weight is 194 g/mol. The van der Waals surface area contributed by atoms with Crippen molar-refractivity contribution in [1.29, 1.82) is 0 Å². The number of ether oxygens (including phenoxy) is 1. The molecule has 2 rings (SSSR count). The van der Waals surface area contributed by atoms with Crippen LogP contribution in [-0.4, -0.2) is 12.6 Å². The first-order chi connectivity index (χ1) is 6.86. The molecule has 1 fully saturated rings. The maximum Gasteiger partial charge on any atom is 0.309 e. The summed E-state index contributed by atoms with van der Waals surface area (Å²) in [5, 5.41) is 0. The van der Waals surface area contributed by atoms with Crippen LogP contribution in [-0.2, 0) is 16.0 Å².